The van der Waals surface area contributed by atoms with Crippen molar-refractivity contribution in [1.82, 2.24) is 4.90 Å². The Hall–Kier alpha value is -3.33. The van der Waals surface area contributed by atoms with Gasteiger partial charge in [0.15, 0.2) is 0 Å². The number of hydrogen-bond donors (Lipinski definition) is 1. The Morgan fingerprint density at radius 2 is 1.83 bits per heavy atom. The van der Waals surface area contributed by atoms with Crippen molar-refractivity contribution in [2.45, 2.75) is 50.7 Å². The zero-order valence-electron chi connectivity index (χ0n) is 20.6. The van der Waals surface area contributed by atoms with Crippen molar-refractivity contribution < 1.29 is 14.6 Å². The number of rotatable bonds is 8. The molecule has 1 atom stereocenters. The minimum Gasteiger partial charge on any atom is -0.488 e. The molecule has 0 radical (unpaired) electrons. The van der Waals surface area contributed by atoms with Gasteiger partial charge in [-0.05, 0) is 73.8 Å². The fourth-order valence-electron chi connectivity index (χ4n) is 5.34. The molecule has 1 fully saturated rings. The van der Waals surface area contributed by atoms with Crippen molar-refractivity contribution in [3.05, 3.63) is 93.2 Å². The molecule has 3 aromatic rings. The molecule has 1 saturated heterocycles. The highest BCUT2D eigenvalue weighted by Crippen LogP contribution is 2.43. The maximum Gasteiger partial charge on any atom is 0.304 e. The van der Waals surface area contributed by atoms with Crippen LogP contribution in [-0.2, 0) is 23.4 Å². The lowest BCUT2D eigenvalue weighted by atomic mass is 9.74. The van der Waals surface area contributed by atoms with E-state index in [1.165, 1.54) is 33.7 Å². The summed E-state index contributed by atoms with van der Waals surface area (Å²) < 4.78 is 6.00. The van der Waals surface area contributed by atoms with E-state index in [0.29, 0.717) is 6.61 Å². The molecule has 1 aliphatic carbocycles. The second-order valence-corrected chi connectivity index (χ2v) is 10.9. The van der Waals surface area contributed by atoms with Gasteiger partial charge in [0.05, 0.1) is 12.3 Å². The summed E-state index contributed by atoms with van der Waals surface area (Å²) in [4.78, 5) is 16.3. The third-order valence-corrected chi connectivity index (χ3v) is 8.33. The average Bonchev–Trinajstić information content (AvgIpc) is 3.49. The first kappa shape index (κ1) is 24.4. The summed E-state index contributed by atoms with van der Waals surface area (Å²) >= 11 is 1.82. The van der Waals surface area contributed by atoms with Crippen LogP contribution in [0.4, 0.5) is 0 Å². The first-order valence-electron chi connectivity index (χ1n) is 12.5. The minimum atomic E-state index is -0.846. The number of hydrogen-bond acceptors (Lipinski definition) is 4. The molecule has 1 N–H and O–H groups in total. The van der Waals surface area contributed by atoms with E-state index < -0.39 is 5.97 Å². The summed E-state index contributed by atoms with van der Waals surface area (Å²) in [6, 6.07) is 20.8. The molecule has 36 heavy (non-hydrogen) atoms. The van der Waals surface area contributed by atoms with Crippen LogP contribution in [0.15, 0.2) is 66.7 Å². The molecule has 184 valence electrons. The average molecular weight is 498 g/mol. The number of fused-ring (bicyclic) bond motifs is 2. The first-order chi connectivity index (χ1) is 17.5. The fourth-order valence-corrected chi connectivity index (χ4v) is 6.31. The number of carboxylic acids is 1. The SMILES string of the molecule is CC#C[C@@H](CC(=O)O)c1ccc(OCc2ccc(CN3CCC4(C=Cc5ccccc54)CC3)s2)cc1. The van der Waals surface area contributed by atoms with Crippen molar-refractivity contribution in [3.8, 4) is 17.6 Å². The van der Waals surface area contributed by atoms with Gasteiger partial charge in [-0.1, -0.05) is 54.5 Å². The van der Waals surface area contributed by atoms with Gasteiger partial charge in [-0.3, -0.25) is 9.69 Å². The molecule has 5 rings (SSSR count). The van der Waals surface area contributed by atoms with Crippen molar-refractivity contribution in [2.75, 3.05) is 13.1 Å². The molecule has 0 saturated carbocycles. The summed E-state index contributed by atoms with van der Waals surface area (Å²) in [5, 5.41) is 9.13. The van der Waals surface area contributed by atoms with Crippen LogP contribution in [0.5, 0.6) is 5.75 Å². The smallest absolute Gasteiger partial charge is 0.304 e. The van der Waals surface area contributed by atoms with Gasteiger partial charge in [-0.25, -0.2) is 0 Å². The predicted octanol–water partition coefficient (Wildman–Crippen LogP) is 6.47. The van der Waals surface area contributed by atoms with Crippen LogP contribution in [0.2, 0.25) is 0 Å². The number of thiophene rings is 1. The van der Waals surface area contributed by atoms with Gasteiger partial charge < -0.3 is 9.84 Å². The van der Waals surface area contributed by atoms with Crippen LogP contribution in [0.1, 0.15) is 58.5 Å². The zero-order valence-corrected chi connectivity index (χ0v) is 21.4. The van der Waals surface area contributed by atoms with Gasteiger partial charge in [0.1, 0.15) is 12.4 Å². The van der Waals surface area contributed by atoms with Crippen molar-refractivity contribution in [3.63, 3.8) is 0 Å². The summed E-state index contributed by atoms with van der Waals surface area (Å²) in [5.74, 6) is 5.45. The number of ether oxygens (including phenoxy) is 1. The molecular formula is C31H31NO3S. The van der Waals surface area contributed by atoms with Crippen LogP contribution in [0, 0.1) is 11.8 Å². The normalized spacial score (nSPS) is 16.8. The van der Waals surface area contributed by atoms with E-state index >= 15 is 0 Å². The number of likely N-dealkylation sites (tertiary alicyclic amines) is 1. The Labute approximate surface area is 217 Å². The molecule has 0 unspecified atom stereocenters. The van der Waals surface area contributed by atoms with Crippen molar-refractivity contribution in [1.29, 1.82) is 0 Å². The standard InChI is InChI=1S/C31H31NO3S/c1-2-5-25(20-30(33)34)23-8-10-26(11-9-23)35-22-28-13-12-27(36-28)21-32-18-16-31(17-19-32)15-14-24-6-3-4-7-29(24)31/h3-4,6-15,25H,16-22H2,1H3,(H,33,34)/t25-/m0/s1. The largest absolute Gasteiger partial charge is 0.488 e. The fraction of sp³-hybridized carbons (Fsp3) is 0.323. The first-order valence-corrected chi connectivity index (χ1v) is 13.3. The summed E-state index contributed by atoms with van der Waals surface area (Å²) in [6.07, 6.45) is 7.09. The van der Waals surface area contributed by atoms with Crippen LogP contribution < -0.4 is 4.74 Å². The van der Waals surface area contributed by atoms with Crippen LogP contribution >= 0.6 is 11.3 Å². The predicted molar refractivity (Wildman–Crippen MR) is 145 cm³/mol. The van der Waals surface area contributed by atoms with Crippen LogP contribution in [0.3, 0.4) is 0 Å². The van der Waals surface area contributed by atoms with Crippen molar-refractivity contribution >= 4 is 23.4 Å². The number of nitrogens with zero attached hydrogens (tertiary/aromatic N) is 1. The third-order valence-electron chi connectivity index (χ3n) is 7.29. The number of allylic oxidation sites excluding steroid dienone is 1. The van der Waals surface area contributed by atoms with Gasteiger partial charge >= 0.3 is 5.97 Å². The van der Waals surface area contributed by atoms with E-state index in [2.05, 4.69) is 65.3 Å². The Bertz CT molecular complexity index is 1300. The molecular weight excluding hydrogens is 466 g/mol. The van der Waals surface area contributed by atoms with E-state index in [1.54, 1.807) is 6.92 Å². The lowest BCUT2D eigenvalue weighted by Crippen LogP contribution is -2.40. The van der Waals surface area contributed by atoms with Crippen LogP contribution in [-0.4, -0.2) is 29.1 Å². The number of benzene rings is 2. The van der Waals surface area contributed by atoms with Gasteiger partial charge in [0.25, 0.3) is 0 Å². The third kappa shape index (κ3) is 5.41. The molecule has 1 aliphatic heterocycles. The number of carbonyl (C=O) groups is 1. The van der Waals surface area contributed by atoms with E-state index in [9.17, 15) is 4.79 Å². The monoisotopic (exact) mass is 497 g/mol. The number of piperidine rings is 1. The maximum atomic E-state index is 11.1. The molecule has 5 heteroatoms. The molecule has 2 aromatic carbocycles. The van der Waals surface area contributed by atoms with E-state index in [1.807, 2.05) is 35.6 Å². The second-order valence-electron chi connectivity index (χ2n) is 9.62. The van der Waals surface area contributed by atoms with E-state index in [0.717, 1.165) is 30.9 Å². The van der Waals surface area contributed by atoms with Crippen molar-refractivity contribution in [2.24, 2.45) is 0 Å². The number of aliphatic carboxylic acids is 1. The maximum absolute atomic E-state index is 11.1. The van der Waals surface area contributed by atoms with Gasteiger partial charge in [0, 0.05) is 21.7 Å². The second kappa shape index (κ2) is 10.7. The summed E-state index contributed by atoms with van der Waals surface area (Å²) in [7, 11) is 0. The quantitative estimate of drug-likeness (QED) is 0.363. The minimum absolute atomic E-state index is 0.00100. The molecule has 0 bridgehead atoms. The highest BCUT2D eigenvalue weighted by atomic mass is 32.1. The Morgan fingerprint density at radius 1 is 1.08 bits per heavy atom. The lowest BCUT2D eigenvalue weighted by molar-refractivity contribution is -0.137. The molecule has 0 amide bonds. The Balaban J connectivity index is 1.12. The lowest BCUT2D eigenvalue weighted by Gasteiger charge is -2.39. The summed E-state index contributed by atoms with van der Waals surface area (Å²) in [5.41, 5.74) is 4.02. The molecule has 1 spiro atoms. The Morgan fingerprint density at radius 3 is 2.58 bits per heavy atom. The zero-order chi connectivity index (χ0) is 25.0. The topological polar surface area (TPSA) is 49.8 Å². The molecule has 2 aliphatic rings. The van der Waals surface area contributed by atoms with Gasteiger partial charge in [-0.2, -0.15) is 0 Å². The van der Waals surface area contributed by atoms with Gasteiger partial charge in [-0.15, -0.1) is 17.3 Å². The number of carboxylic acid groups (broad SMARTS) is 1. The summed E-state index contributed by atoms with van der Waals surface area (Å²) in [6.45, 7) is 5.47. The Kier molecular flexibility index (Phi) is 7.27. The molecule has 1 aromatic heterocycles. The van der Waals surface area contributed by atoms with Crippen LogP contribution in [0.25, 0.3) is 6.08 Å². The highest BCUT2D eigenvalue weighted by molar-refractivity contribution is 7.11. The highest BCUT2D eigenvalue weighted by Gasteiger charge is 2.37. The van der Waals surface area contributed by atoms with E-state index in [4.69, 9.17) is 9.84 Å². The molecule has 2 heterocycles. The molecule has 4 nitrogen and oxygen atoms in total. The van der Waals surface area contributed by atoms with E-state index in [-0.39, 0.29) is 17.8 Å². The van der Waals surface area contributed by atoms with Gasteiger partial charge in [0.2, 0.25) is 0 Å².